The first kappa shape index (κ1) is 44.1. The summed E-state index contributed by atoms with van der Waals surface area (Å²) in [5, 5.41) is 18.4. The van der Waals surface area contributed by atoms with E-state index < -0.39 is 14.3 Å². The number of aromatic carboxylic acids is 1. The maximum Gasteiger partial charge on any atom is 1.00 e. The van der Waals surface area contributed by atoms with Crippen molar-refractivity contribution in [1.82, 2.24) is 9.13 Å². The van der Waals surface area contributed by atoms with Crippen molar-refractivity contribution in [3.05, 3.63) is 95.3 Å². The molecule has 0 aliphatic heterocycles. The largest absolute Gasteiger partial charge is 1.00 e. The Labute approximate surface area is 315 Å². The van der Waals surface area contributed by atoms with Gasteiger partial charge in [-0.3, -0.25) is 0 Å². The van der Waals surface area contributed by atoms with Gasteiger partial charge in [0.1, 0.15) is 0 Å². The van der Waals surface area contributed by atoms with Crippen LogP contribution < -0.4 is 29.6 Å². The minimum atomic E-state index is -1.74. The fourth-order valence-electron chi connectivity index (χ4n) is 5.19. The molecule has 0 aliphatic rings. The predicted octanol–water partition coefficient (Wildman–Crippen LogP) is 5.42. The quantitative estimate of drug-likeness (QED) is 0.108. The molecule has 0 saturated carbocycles. The number of nitrogens with zero attached hydrogens (tertiary/aromatic N) is 2. The third-order valence-corrected chi connectivity index (χ3v) is 13.5. The van der Waals surface area contributed by atoms with Crippen LogP contribution in [0.1, 0.15) is 72.6 Å². The fraction of sp³-hybridized carbons (Fsp3) is 0.421. The van der Waals surface area contributed by atoms with Crippen LogP contribution in [0.15, 0.2) is 72.8 Å². The number of esters is 1. The molecular formula is C38H53N2NaO7Si. The molecule has 0 saturated heterocycles. The van der Waals surface area contributed by atoms with Gasteiger partial charge in [0.15, 0.2) is 8.32 Å². The van der Waals surface area contributed by atoms with Crippen molar-refractivity contribution in [2.75, 3.05) is 19.8 Å². The Bertz CT molecular complexity index is 1610. The van der Waals surface area contributed by atoms with Gasteiger partial charge in [-0.2, -0.15) is 0 Å². The van der Waals surface area contributed by atoms with Crippen LogP contribution in [0.3, 0.4) is 0 Å². The Morgan fingerprint density at radius 3 is 1.67 bits per heavy atom. The monoisotopic (exact) mass is 700 g/mol. The molecule has 2 aromatic carbocycles. The van der Waals surface area contributed by atoms with Crippen molar-refractivity contribution in [1.29, 1.82) is 0 Å². The number of benzene rings is 2. The summed E-state index contributed by atoms with van der Waals surface area (Å²) in [7, 11) is -1.74. The number of carboxylic acids is 1. The molecule has 0 radical (unpaired) electrons. The van der Waals surface area contributed by atoms with Crippen LogP contribution in [-0.4, -0.2) is 64.9 Å². The topological polar surface area (TPSA) is 133 Å². The van der Waals surface area contributed by atoms with Crippen LogP contribution in [0.5, 0.6) is 0 Å². The Kier molecular flexibility index (Phi) is 18.0. The Morgan fingerprint density at radius 1 is 0.796 bits per heavy atom. The van der Waals surface area contributed by atoms with Crippen molar-refractivity contribution in [2.45, 2.75) is 85.6 Å². The molecular weight excluding hydrogens is 648 g/mol. The first-order valence-electron chi connectivity index (χ1n) is 16.4. The van der Waals surface area contributed by atoms with Gasteiger partial charge < -0.3 is 34.0 Å². The first-order valence-corrected chi connectivity index (χ1v) is 19.3. The number of ether oxygens (including phenoxy) is 1. The molecule has 49 heavy (non-hydrogen) atoms. The molecule has 3 N–H and O–H groups in total. The molecule has 0 atom stereocenters. The second-order valence-corrected chi connectivity index (χ2v) is 18.0. The number of rotatable bonds is 13. The number of carbonyl (C=O) groups is 2. The summed E-state index contributed by atoms with van der Waals surface area (Å²) in [6.07, 6.45) is 1.51. The summed E-state index contributed by atoms with van der Waals surface area (Å²) in [5.41, 5.74) is 6.65. The number of hydrogen-bond acceptors (Lipinski definition) is 6. The van der Waals surface area contributed by atoms with E-state index in [1.165, 1.54) is 0 Å². The van der Waals surface area contributed by atoms with Gasteiger partial charge in [0.05, 0.1) is 17.7 Å². The van der Waals surface area contributed by atoms with Gasteiger partial charge in [-0.15, -0.1) is 0 Å². The van der Waals surface area contributed by atoms with Crippen LogP contribution in [0.2, 0.25) is 18.1 Å². The maximum atomic E-state index is 12.4. The predicted molar refractivity (Wildman–Crippen MR) is 194 cm³/mol. The average Bonchev–Trinajstić information content (AvgIpc) is 3.55. The summed E-state index contributed by atoms with van der Waals surface area (Å²) in [5.74, 6) is -1.18. The second-order valence-electron chi connectivity index (χ2n) is 13.2. The molecule has 0 aliphatic carbocycles. The van der Waals surface area contributed by atoms with E-state index in [-0.39, 0.29) is 52.6 Å². The number of aliphatic hydroxyl groups excluding tert-OH is 1. The van der Waals surface area contributed by atoms with Crippen LogP contribution in [0.4, 0.5) is 0 Å². The molecule has 0 unspecified atom stereocenters. The molecule has 262 valence electrons. The number of carbonyl (C=O) groups excluding carboxylic acids is 1. The van der Waals surface area contributed by atoms with E-state index in [0.29, 0.717) is 30.7 Å². The normalized spacial score (nSPS) is 11.1. The van der Waals surface area contributed by atoms with Gasteiger partial charge in [0.25, 0.3) is 0 Å². The van der Waals surface area contributed by atoms with Gasteiger partial charge in [-0.1, -0.05) is 81.4 Å². The summed E-state index contributed by atoms with van der Waals surface area (Å²) in [6, 6.07) is 23.5. The minimum absolute atomic E-state index is 0. The fourth-order valence-corrected chi connectivity index (χ4v) is 6.28. The van der Waals surface area contributed by atoms with E-state index in [2.05, 4.69) is 50.6 Å². The van der Waals surface area contributed by atoms with E-state index in [1.807, 2.05) is 73.0 Å². The molecule has 4 rings (SSSR count). The van der Waals surface area contributed by atoms with Crippen molar-refractivity contribution in [2.24, 2.45) is 0 Å². The van der Waals surface area contributed by atoms with E-state index in [4.69, 9.17) is 14.3 Å². The summed E-state index contributed by atoms with van der Waals surface area (Å²) in [4.78, 5) is 23.6. The Hall–Kier alpha value is -2.96. The number of aliphatic hydroxyl groups is 1. The molecule has 9 nitrogen and oxygen atoms in total. The van der Waals surface area contributed by atoms with Crippen LogP contribution in [0.25, 0.3) is 22.5 Å². The third kappa shape index (κ3) is 11.5. The van der Waals surface area contributed by atoms with Crippen molar-refractivity contribution in [3.8, 4) is 22.5 Å². The Balaban J connectivity index is 0.000000502. The molecule has 4 aromatic rings. The standard InChI is InChI=1S/C23H35NO3Si.C15H17NO3.Na.H2O/c1-8-26-22(25)20-17-21(19-13-10-9-11-14-19)24(18(20)2)15-12-16-27-28(6,7)23(3,4)5;1-11-13(15(18)19)10-14(16(11)8-5-9-17)12-6-3-2-4-7-12;;/h9-11,13-14,17H,8,12,15-16H2,1-7H3;2-4,6-7,10,17H,5,8-9H2,1H3,(H,18,19);;1H2/q;;+1;/p-1. The van der Waals surface area contributed by atoms with E-state index in [0.717, 1.165) is 53.5 Å². The average molecular weight is 701 g/mol. The van der Waals surface area contributed by atoms with Crippen molar-refractivity contribution in [3.63, 3.8) is 0 Å². The van der Waals surface area contributed by atoms with E-state index in [9.17, 15) is 14.7 Å². The van der Waals surface area contributed by atoms with Crippen molar-refractivity contribution < 1.29 is 64.0 Å². The van der Waals surface area contributed by atoms with Crippen LogP contribution in [0, 0.1) is 13.8 Å². The van der Waals surface area contributed by atoms with Crippen LogP contribution in [-0.2, 0) is 22.3 Å². The molecule has 0 fully saturated rings. The molecule has 2 aromatic heterocycles. The molecule has 0 spiro atoms. The zero-order chi connectivity index (χ0) is 34.8. The van der Waals surface area contributed by atoms with Gasteiger partial charge >= 0.3 is 41.5 Å². The minimum Gasteiger partial charge on any atom is -0.870 e. The van der Waals surface area contributed by atoms with Gasteiger partial charge in [0.2, 0.25) is 0 Å². The maximum absolute atomic E-state index is 12.4. The molecule has 11 heteroatoms. The number of carboxylic acid groups (broad SMARTS) is 1. The molecule has 0 amide bonds. The summed E-state index contributed by atoms with van der Waals surface area (Å²) in [6.45, 7) is 19.6. The second kappa shape index (κ2) is 20.0. The molecule has 2 heterocycles. The summed E-state index contributed by atoms with van der Waals surface area (Å²) >= 11 is 0. The first-order chi connectivity index (χ1) is 22.2. The van der Waals surface area contributed by atoms with E-state index >= 15 is 0 Å². The van der Waals surface area contributed by atoms with E-state index in [1.54, 1.807) is 13.0 Å². The zero-order valence-electron chi connectivity index (χ0n) is 30.7. The SMILES string of the molecule is CCOC(=O)c1cc(-c2ccccc2)n(CCCO[Si](C)(C)C(C)(C)C)c1C.Cc1c(C(=O)O)cc(-c2ccccc2)n1CCCO.[Na+].[OH-]. The smallest absolute Gasteiger partial charge is 0.870 e. The van der Waals surface area contributed by atoms with Gasteiger partial charge in [-0.05, 0) is 75.0 Å². The number of aromatic nitrogens is 2. The van der Waals surface area contributed by atoms with Crippen molar-refractivity contribution >= 4 is 20.3 Å². The Morgan fingerprint density at radius 2 is 1.24 bits per heavy atom. The molecule has 0 bridgehead atoms. The zero-order valence-corrected chi connectivity index (χ0v) is 33.7. The third-order valence-electron chi connectivity index (χ3n) is 8.93. The van der Waals surface area contributed by atoms with Gasteiger partial charge in [-0.25, -0.2) is 9.59 Å². The van der Waals surface area contributed by atoms with Gasteiger partial charge in [0, 0.05) is 49.1 Å². The number of hydrogen-bond donors (Lipinski definition) is 2. The summed E-state index contributed by atoms with van der Waals surface area (Å²) < 4.78 is 15.7. The van der Waals surface area contributed by atoms with Crippen LogP contribution >= 0.6 is 0 Å².